The van der Waals surface area contributed by atoms with Gasteiger partial charge in [0.1, 0.15) is 23.8 Å². The maximum atomic E-state index is 14.1. The van der Waals surface area contributed by atoms with Crippen LogP contribution in [0.15, 0.2) is 47.2 Å². The van der Waals surface area contributed by atoms with Crippen molar-refractivity contribution in [3.8, 4) is 11.3 Å². The molecule has 186 valence electrons. The highest BCUT2D eigenvalue weighted by Gasteiger charge is 2.17. The van der Waals surface area contributed by atoms with Crippen LogP contribution in [0.5, 0.6) is 0 Å². The molecule has 0 spiro atoms. The molecule has 0 aliphatic carbocycles. The molecule has 0 saturated heterocycles. The molecule has 6 nitrogen and oxygen atoms in total. The third kappa shape index (κ3) is 7.53. The molecule has 0 radical (unpaired) electrons. The standard InChI is InChI=1S/C26H29BrF2N4O2/c1-4-5-16-10-17(6-7-19(16)25(34)31-14-26(2,3)35)23-13-24(33-15-32-23)30-9-8-20-21(28)11-18(27)12-22(20)29/h6-7,10-13,15,35H,4-5,8-9,14H2,1-3H3,(H,31,34)(H,30,32,33). The van der Waals surface area contributed by atoms with Gasteiger partial charge in [-0.3, -0.25) is 4.79 Å². The summed E-state index contributed by atoms with van der Waals surface area (Å²) in [5.74, 6) is -0.911. The van der Waals surface area contributed by atoms with Gasteiger partial charge in [0.25, 0.3) is 5.91 Å². The lowest BCUT2D eigenvalue weighted by atomic mass is 9.98. The van der Waals surface area contributed by atoms with Gasteiger partial charge in [-0.25, -0.2) is 18.7 Å². The Bertz CT molecular complexity index is 1180. The molecule has 3 aromatic rings. The maximum absolute atomic E-state index is 14.1. The van der Waals surface area contributed by atoms with E-state index in [-0.39, 0.29) is 31.0 Å². The predicted molar refractivity (Wildman–Crippen MR) is 136 cm³/mol. The molecule has 9 heteroatoms. The van der Waals surface area contributed by atoms with E-state index in [1.165, 1.54) is 18.5 Å². The molecule has 0 aliphatic rings. The summed E-state index contributed by atoms with van der Waals surface area (Å²) in [5.41, 5.74) is 1.93. The second-order valence-electron chi connectivity index (χ2n) is 8.93. The number of aryl methyl sites for hydroxylation is 1. The number of halogens is 3. The van der Waals surface area contributed by atoms with Crippen molar-refractivity contribution in [2.45, 2.75) is 45.6 Å². The summed E-state index contributed by atoms with van der Waals surface area (Å²) in [4.78, 5) is 21.2. The predicted octanol–water partition coefficient (Wildman–Crippen LogP) is 5.29. The van der Waals surface area contributed by atoms with E-state index in [0.717, 1.165) is 17.5 Å². The number of hydrogen-bond donors (Lipinski definition) is 3. The molecule has 2 aromatic carbocycles. The molecule has 0 saturated carbocycles. The average Bonchev–Trinajstić information content (AvgIpc) is 2.79. The van der Waals surface area contributed by atoms with Gasteiger partial charge in [0.2, 0.25) is 0 Å². The Morgan fingerprint density at radius 1 is 1.09 bits per heavy atom. The fourth-order valence-corrected chi connectivity index (χ4v) is 3.98. The number of aromatic nitrogens is 2. The normalized spacial score (nSPS) is 11.4. The van der Waals surface area contributed by atoms with Crippen molar-refractivity contribution < 1.29 is 18.7 Å². The van der Waals surface area contributed by atoms with Gasteiger partial charge < -0.3 is 15.7 Å². The third-order valence-corrected chi connectivity index (χ3v) is 5.76. The zero-order chi connectivity index (χ0) is 25.6. The van der Waals surface area contributed by atoms with Crippen LogP contribution in [0.4, 0.5) is 14.6 Å². The third-order valence-electron chi connectivity index (χ3n) is 5.30. The first kappa shape index (κ1) is 26.7. The molecule has 1 heterocycles. The van der Waals surface area contributed by atoms with Gasteiger partial charge in [-0.1, -0.05) is 35.3 Å². The molecule has 0 unspecified atom stereocenters. The van der Waals surface area contributed by atoms with Crippen LogP contribution in [0.25, 0.3) is 11.3 Å². The summed E-state index contributed by atoms with van der Waals surface area (Å²) in [6, 6.07) is 9.74. The van der Waals surface area contributed by atoms with Gasteiger partial charge in [0.05, 0.1) is 11.3 Å². The molecule has 3 rings (SSSR count). The highest BCUT2D eigenvalue weighted by atomic mass is 79.9. The van der Waals surface area contributed by atoms with E-state index in [0.29, 0.717) is 28.0 Å². The highest BCUT2D eigenvalue weighted by molar-refractivity contribution is 9.10. The Balaban J connectivity index is 1.74. The molecule has 0 fully saturated rings. The number of hydrogen-bond acceptors (Lipinski definition) is 5. The van der Waals surface area contributed by atoms with E-state index in [4.69, 9.17) is 0 Å². The van der Waals surface area contributed by atoms with E-state index < -0.39 is 17.2 Å². The average molecular weight is 547 g/mol. The van der Waals surface area contributed by atoms with E-state index >= 15 is 0 Å². The zero-order valence-corrected chi connectivity index (χ0v) is 21.5. The van der Waals surface area contributed by atoms with Crippen molar-refractivity contribution in [2.75, 3.05) is 18.4 Å². The Morgan fingerprint density at radius 3 is 2.46 bits per heavy atom. The molecule has 0 aliphatic heterocycles. The van der Waals surface area contributed by atoms with Gasteiger partial charge in [0, 0.05) is 40.3 Å². The second-order valence-corrected chi connectivity index (χ2v) is 9.85. The topological polar surface area (TPSA) is 87.1 Å². The smallest absolute Gasteiger partial charge is 0.251 e. The van der Waals surface area contributed by atoms with Gasteiger partial charge in [0.15, 0.2) is 0 Å². The highest BCUT2D eigenvalue weighted by Crippen LogP contribution is 2.24. The van der Waals surface area contributed by atoms with Crippen LogP contribution in [0.3, 0.4) is 0 Å². The number of nitrogens with zero attached hydrogens (tertiary/aromatic N) is 2. The van der Waals surface area contributed by atoms with Crippen LogP contribution in [0.1, 0.15) is 48.7 Å². The summed E-state index contributed by atoms with van der Waals surface area (Å²) >= 11 is 3.08. The molecule has 1 aromatic heterocycles. The van der Waals surface area contributed by atoms with Crippen molar-refractivity contribution in [3.63, 3.8) is 0 Å². The minimum atomic E-state index is -1.00. The van der Waals surface area contributed by atoms with Crippen molar-refractivity contribution in [1.29, 1.82) is 0 Å². The fourth-order valence-electron chi connectivity index (χ4n) is 3.58. The molecule has 35 heavy (non-hydrogen) atoms. The van der Waals surface area contributed by atoms with Crippen LogP contribution in [-0.2, 0) is 12.8 Å². The lowest BCUT2D eigenvalue weighted by Crippen LogP contribution is -2.38. The van der Waals surface area contributed by atoms with Gasteiger partial charge in [-0.15, -0.1) is 0 Å². The number of nitrogens with one attached hydrogen (secondary N) is 2. The zero-order valence-electron chi connectivity index (χ0n) is 20.0. The molecule has 0 atom stereocenters. The van der Waals surface area contributed by atoms with Crippen molar-refractivity contribution in [2.24, 2.45) is 0 Å². The number of carbonyl (C=O) groups is 1. The minimum Gasteiger partial charge on any atom is -0.389 e. The Labute approximate surface area is 212 Å². The number of rotatable bonds is 10. The number of anilines is 1. The summed E-state index contributed by atoms with van der Waals surface area (Å²) < 4.78 is 28.5. The first-order valence-corrected chi connectivity index (χ1v) is 12.2. The summed E-state index contributed by atoms with van der Waals surface area (Å²) in [5, 5.41) is 15.8. The number of carbonyl (C=O) groups excluding carboxylic acids is 1. The summed E-state index contributed by atoms with van der Waals surface area (Å²) in [6.45, 7) is 5.74. The summed E-state index contributed by atoms with van der Waals surface area (Å²) in [6.07, 6.45) is 3.13. The first-order chi connectivity index (χ1) is 16.6. The molecular formula is C26H29BrF2N4O2. The quantitative estimate of drug-likeness (QED) is 0.321. The van der Waals surface area contributed by atoms with Crippen LogP contribution in [0, 0.1) is 11.6 Å². The van der Waals surface area contributed by atoms with Gasteiger partial charge in [-0.05, 0) is 56.5 Å². The number of amides is 1. The summed E-state index contributed by atoms with van der Waals surface area (Å²) in [7, 11) is 0. The van der Waals surface area contributed by atoms with Gasteiger partial charge >= 0.3 is 0 Å². The number of aliphatic hydroxyl groups is 1. The lowest BCUT2D eigenvalue weighted by Gasteiger charge is -2.18. The molecule has 1 amide bonds. The van der Waals surface area contributed by atoms with E-state index in [2.05, 4.69) is 36.5 Å². The Morgan fingerprint density at radius 2 is 1.80 bits per heavy atom. The molecule has 0 bridgehead atoms. The molecular weight excluding hydrogens is 518 g/mol. The SMILES string of the molecule is CCCc1cc(-c2cc(NCCc3c(F)cc(Br)cc3F)ncn2)ccc1C(=O)NCC(C)(C)O. The fraction of sp³-hybridized carbons (Fsp3) is 0.346. The Hall–Kier alpha value is -2.91. The van der Waals surface area contributed by atoms with Gasteiger partial charge in [-0.2, -0.15) is 0 Å². The van der Waals surface area contributed by atoms with Crippen LogP contribution >= 0.6 is 15.9 Å². The van der Waals surface area contributed by atoms with E-state index in [1.807, 2.05) is 19.1 Å². The van der Waals surface area contributed by atoms with Crippen molar-refractivity contribution >= 4 is 27.7 Å². The largest absolute Gasteiger partial charge is 0.389 e. The van der Waals surface area contributed by atoms with Crippen LogP contribution < -0.4 is 10.6 Å². The van der Waals surface area contributed by atoms with Crippen LogP contribution in [-0.4, -0.2) is 39.7 Å². The van der Waals surface area contributed by atoms with Crippen LogP contribution in [0.2, 0.25) is 0 Å². The lowest BCUT2D eigenvalue weighted by molar-refractivity contribution is 0.0694. The molecule has 3 N–H and O–H groups in total. The Kier molecular flexibility index (Phi) is 8.91. The second kappa shape index (κ2) is 11.7. The van der Waals surface area contributed by atoms with E-state index in [9.17, 15) is 18.7 Å². The van der Waals surface area contributed by atoms with E-state index in [1.54, 1.807) is 26.0 Å². The number of benzene rings is 2. The minimum absolute atomic E-state index is 0.0117. The maximum Gasteiger partial charge on any atom is 0.251 e. The van der Waals surface area contributed by atoms with Crippen molar-refractivity contribution in [3.05, 3.63) is 75.5 Å². The van der Waals surface area contributed by atoms with Crippen molar-refractivity contribution in [1.82, 2.24) is 15.3 Å². The first-order valence-electron chi connectivity index (χ1n) is 11.4. The monoisotopic (exact) mass is 546 g/mol.